The molecule has 6 heteroatoms. The number of hydrogen-bond donors (Lipinski definition) is 1. The molecule has 1 aromatic carbocycles. The number of ether oxygens (including phenoxy) is 1. The lowest BCUT2D eigenvalue weighted by Gasteiger charge is -2.25. The minimum Gasteiger partial charge on any atom is -0.434 e. The van der Waals surface area contributed by atoms with Crippen LogP contribution in [-0.4, -0.2) is 30.0 Å². The molecule has 1 amide bonds. The second-order valence-electron chi connectivity index (χ2n) is 4.45. The topological polar surface area (TPSA) is 55.6 Å². The highest BCUT2D eigenvalue weighted by atomic mass is 19.3. The number of nitrogens with zero attached hydrogens (tertiary/aromatic N) is 1. The molecule has 0 saturated heterocycles. The normalized spacial score (nSPS) is 11.3. The lowest BCUT2D eigenvalue weighted by atomic mass is 10.1. The number of alkyl halides is 2. The molecule has 1 rings (SSSR count). The molecule has 0 fully saturated rings. The van der Waals surface area contributed by atoms with Gasteiger partial charge in [0, 0.05) is 18.2 Å². The first kappa shape index (κ1) is 15.4. The van der Waals surface area contributed by atoms with E-state index in [2.05, 4.69) is 4.74 Å². The average Bonchev–Trinajstić information content (AvgIpc) is 2.29. The zero-order valence-corrected chi connectivity index (χ0v) is 11.0. The first-order valence-electron chi connectivity index (χ1n) is 5.95. The molecule has 0 aromatic heterocycles. The third-order valence-electron chi connectivity index (χ3n) is 2.65. The van der Waals surface area contributed by atoms with Crippen LogP contribution in [0.2, 0.25) is 0 Å². The van der Waals surface area contributed by atoms with Crippen molar-refractivity contribution in [3.8, 4) is 5.75 Å². The fraction of sp³-hybridized carbons (Fsp3) is 0.462. The summed E-state index contributed by atoms with van der Waals surface area (Å²) < 4.78 is 29.0. The fourth-order valence-corrected chi connectivity index (χ4v) is 1.69. The van der Waals surface area contributed by atoms with E-state index >= 15 is 0 Å². The number of halogens is 2. The summed E-state index contributed by atoms with van der Waals surface area (Å²) in [5.74, 6) is -0.339. The van der Waals surface area contributed by atoms with Gasteiger partial charge in [0.1, 0.15) is 5.75 Å². The van der Waals surface area contributed by atoms with Crippen molar-refractivity contribution in [3.63, 3.8) is 0 Å². The zero-order valence-electron chi connectivity index (χ0n) is 11.0. The Morgan fingerprint density at radius 3 is 2.53 bits per heavy atom. The molecule has 106 valence electrons. The maximum Gasteiger partial charge on any atom is 0.387 e. The molecule has 4 nitrogen and oxygen atoms in total. The summed E-state index contributed by atoms with van der Waals surface area (Å²) in [6.45, 7) is 1.33. The molecule has 0 heterocycles. The van der Waals surface area contributed by atoms with Crippen LogP contribution >= 0.6 is 0 Å². The molecular formula is C13H18F2N2O2. The highest BCUT2D eigenvalue weighted by molar-refractivity contribution is 5.75. The van der Waals surface area contributed by atoms with Crippen LogP contribution in [-0.2, 0) is 11.3 Å². The summed E-state index contributed by atoms with van der Waals surface area (Å²) in [7, 11) is 0. The van der Waals surface area contributed by atoms with E-state index in [1.54, 1.807) is 23.1 Å². The molecule has 0 aliphatic heterocycles. The van der Waals surface area contributed by atoms with Crippen molar-refractivity contribution in [2.24, 2.45) is 5.73 Å². The van der Waals surface area contributed by atoms with Crippen molar-refractivity contribution in [2.45, 2.75) is 33.0 Å². The van der Waals surface area contributed by atoms with Gasteiger partial charge in [-0.05, 0) is 19.9 Å². The van der Waals surface area contributed by atoms with E-state index in [0.717, 1.165) is 0 Å². The average molecular weight is 272 g/mol. The summed E-state index contributed by atoms with van der Waals surface area (Å²) in [5, 5.41) is 0. The zero-order chi connectivity index (χ0) is 14.4. The molecule has 2 N–H and O–H groups in total. The van der Waals surface area contributed by atoms with Crippen molar-refractivity contribution in [1.82, 2.24) is 4.90 Å². The van der Waals surface area contributed by atoms with E-state index in [4.69, 9.17) is 5.73 Å². The van der Waals surface area contributed by atoms with Gasteiger partial charge in [0.15, 0.2) is 0 Å². The van der Waals surface area contributed by atoms with Gasteiger partial charge in [0.25, 0.3) is 0 Å². The number of primary amides is 1. The second kappa shape index (κ2) is 7.04. The Labute approximate surface area is 111 Å². The van der Waals surface area contributed by atoms with Crippen LogP contribution in [0.25, 0.3) is 0 Å². The van der Waals surface area contributed by atoms with Gasteiger partial charge in [-0.1, -0.05) is 18.2 Å². The van der Waals surface area contributed by atoms with Crippen molar-refractivity contribution >= 4 is 5.91 Å². The number of rotatable bonds is 7. The van der Waals surface area contributed by atoms with Gasteiger partial charge in [-0.15, -0.1) is 0 Å². The van der Waals surface area contributed by atoms with Crippen LogP contribution < -0.4 is 10.5 Å². The van der Waals surface area contributed by atoms with Gasteiger partial charge in [-0.25, -0.2) is 0 Å². The van der Waals surface area contributed by atoms with Crippen LogP contribution in [0.3, 0.4) is 0 Å². The van der Waals surface area contributed by atoms with Crippen LogP contribution in [0.1, 0.15) is 19.4 Å². The number of benzene rings is 1. The molecule has 0 unspecified atom stereocenters. The number of hydrogen-bond acceptors (Lipinski definition) is 3. The van der Waals surface area contributed by atoms with E-state index in [1.165, 1.54) is 6.07 Å². The largest absolute Gasteiger partial charge is 0.434 e. The first-order valence-corrected chi connectivity index (χ1v) is 5.95. The predicted octanol–water partition coefficient (Wildman–Crippen LogP) is 1.98. The van der Waals surface area contributed by atoms with E-state index in [-0.39, 0.29) is 18.3 Å². The highest BCUT2D eigenvalue weighted by Crippen LogP contribution is 2.22. The molecule has 0 radical (unpaired) electrons. The predicted molar refractivity (Wildman–Crippen MR) is 67.8 cm³/mol. The molecule has 19 heavy (non-hydrogen) atoms. The minimum atomic E-state index is -2.87. The molecule has 0 atom stereocenters. The Morgan fingerprint density at radius 2 is 2.00 bits per heavy atom. The maximum atomic E-state index is 12.3. The highest BCUT2D eigenvalue weighted by Gasteiger charge is 2.16. The fourth-order valence-electron chi connectivity index (χ4n) is 1.69. The van der Waals surface area contributed by atoms with Crippen molar-refractivity contribution in [2.75, 3.05) is 6.54 Å². The Hall–Kier alpha value is -1.69. The Kier molecular flexibility index (Phi) is 5.69. The number of amides is 1. The Bertz CT molecular complexity index is 425. The quantitative estimate of drug-likeness (QED) is 0.825. The Morgan fingerprint density at radius 1 is 1.37 bits per heavy atom. The number of para-hydroxylation sites is 1. The van der Waals surface area contributed by atoms with E-state index in [0.29, 0.717) is 12.1 Å². The van der Waals surface area contributed by atoms with Gasteiger partial charge in [0.2, 0.25) is 5.91 Å². The molecule has 0 bridgehead atoms. The van der Waals surface area contributed by atoms with Gasteiger partial charge in [0.05, 0.1) is 6.54 Å². The maximum absolute atomic E-state index is 12.3. The van der Waals surface area contributed by atoms with Crippen LogP contribution in [0.4, 0.5) is 8.78 Å². The van der Waals surface area contributed by atoms with Gasteiger partial charge < -0.3 is 10.5 Å². The number of nitrogens with two attached hydrogens (primary N) is 1. The SMILES string of the molecule is CC(C)N(CC(N)=O)Cc1ccccc1OC(F)F. The summed E-state index contributed by atoms with van der Waals surface area (Å²) in [5.41, 5.74) is 5.77. The number of carbonyl (C=O) groups excluding carboxylic acids is 1. The summed E-state index contributed by atoms with van der Waals surface area (Å²) >= 11 is 0. The molecular weight excluding hydrogens is 254 g/mol. The third-order valence-corrected chi connectivity index (χ3v) is 2.65. The smallest absolute Gasteiger partial charge is 0.387 e. The van der Waals surface area contributed by atoms with Crippen molar-refractivity contribution in [3.05, 3.63) is 29.8 Å². The van der Waals surface area contributed by atoms with E-state index < -0.39 is 12.5 Å². The lowest BCUT2D eigenvalue weighted by Crippen LogP contribution is -2.38. The van der Waals surface area contributed by atoms with Gasteiger partial charge in [-0.3, -0.25) is 9.69 Å². The van der Waals surface area contributed by atoms with E-state index in [9.17, 15) is 13.6 Å². The first-order chi connectivity index (χ1) is 8.90. The summed E-state index contributed by atoms with van der Waals surface area (Å²) in [6.07, 6.45) is 0. The van der Waals surface area contributed by atoms with Gasteiger partial charge >= 0.3 is 6.61 Å². The lowest BCUT2D eigenvalue weighted by molar-refractivity contribution is -0.119. The molecule has 1 aromatic rings. The van der Waals surface area contributed by atoms with Crippen LogP contribution in [0, 0.1) is 0 Å². The third kappa shape index (κ3) is 5.21. The summed E-state index contributed by atoms with van der Waals surface area (Å²) in [4.78, 5) is 12.8. The van der Waals surface area contributed by atoms with Crippen molar-refractivity contribution < 1.29 is 18.3 Å². The molecule has 0 aliphatic rings. The van der Waals surface area contributed by atoms with Crippen molar-refractivity contribution in [1.29, 1.82) is 0 Å². The second-order valence-corrected chi connectivity index (χ2v) is 4.45. The Balaban J connectivity index is 2.86. The van der Waals surface area contributed by atoms with Gasteiger partial charge in [-0.2, -0.15) is 8.78 Å². The van der Waals surface area contributed by atoms with Crippen LogP contribution in [0.15, 0.2) is 24.3 Å². The minimum absolute atomic E-state index is 0.0621. The molecule has 0 aliphatic carbocycles. The van der Waals surface area contributed by atoms with Crippen LogP contribution in [0.5, 0.6) is 5.75 Å². The van der Waals surface area contributed by atoms with E-state index in [1.807, 2.05) is 13.8 Å². The standard InChI is InChI=1S/C13H18F2N2O2/c1-9(2)17(8-12(16)18)7-10-5-3-4-6-11(10)19-13(14)15/h3-6,9,13H,7-8H2,1-2H3,(H2,16,18). The molecule has 0 saturated carbocycles. The number of carbonyl (C=O) groups is 1. The molecule has 0 spiro atoms. The summed E-state index contributed by atoms with van der Waals surface area (Å²) in [6, 6.07) is 6.58. The monoisotopic (exact) mass is 272 g/mol.